The number of aromatic nitrogens is 1. The third kappa shape index (κ3) is 5.29. The summed E-state index contributed by atoms with van der Waals surface area (Å²) in [5.74, 6) is -1.60. The van der Waals surface area contributed by atoms with E-state index in [2.05, 4.69) is 25.6 Å². The van der Waals surface area contributed by atoms with Crippen molar-refractivity contribution in [1.29, 1.82) is 0 Å². The zero-order valence-corrected chi connectivity index (χ0v) is 15.0. The van der Waals surface area contributed by atoms with Gasteiger partial charge in [-0.3, -0.25) is 14.9 Å². The van der Waals surface area contributed by atoms with E-state index in [1.807, 2.05) is 0 Å². The highest BCUT2D eigenvalue weighted by Gasteiger charge is 2.24. The minimum absolute atomic E-state index is 0.165. The highest BCUT2D eigenvalue weighted by molar-refractivity contribution is 6.39. The SMILES string of the molecule is O=C(NCC1CCN(C(=O)Nc2ccc(F)cc2)CC1)C(=O)Nc1ccon1. The second-order valence-electron chi connectivity index (χ2n) is 6.42. The molecule has 3 N–H and O–H groups in total. The fraction of sp³-hybridized carbons (Fsp3) is 0.333. The number of nitrogens with zero attached hydrogens (tertiary/aromatic N) is 2. The van der Waals surface area contributed by atoms with Gasteiger partial charge in [-0.1, -0.05) is 5.16 Å². The number of carbonyl (C=O) groups excluding carboxylic acids is 3. The smallest absolute Gasteiger partial charge is 0.321 e. The molecule has 3 rings (SSSR count). The van der Waals surface area contributed by atoms with E-state index in [1.54, 1.807) is 4.90 Å². The summed E-state index contributed by atoms with van der Waals surface area (Å²) in [5.41, 5.74) is 0.527. The van der Waals surface area contributed by atoms with Crippen molar-refractivity contribution in [2.75, 3.05) is 30.3 Å². The van der Waals surface area contributed by atoms with Crippen molar-refractivity contribution in [2.24, 2.45) is 5.92 Å². The van der Waals surface area contributed by atoms with Gasteiger partial charge in [0.05, 0.1) is 0 Å². The number of anilines is 2. The van der Waals surface area contributed by atoms with E-state index in [0.717, 1.165) is 0 Å². The van der Waals surface area contributed by atoms with Crippen LogP contribution >= 0.6 is 0 Å². The standard InChI is InChI=1S/C18H20FN5O4/c19-13-1-3-14(4-2-13)21-18(27)24-8-5-12(6-9-24)11-20-16(25)17(26)22-15-7-10-28-23-15/h1-4,7,10,12H,5-6,8-9,11H2,(H,20,25)(H,21,27)(H,22,23,26). The van der Waals surface area contributed by atoms with Gasteiger partial charge in [0.2, 0.25) is 0 Å². The number of halogens is 1. The minimum Gasteiger partial charge on any atom is -0.363 e. The van der Waals surface area contributed by atoms with Gasteiger partial charge in [0.25, 0.3) is 0 Å². The fourth-order valence-electron chi connectivity index (χ4n) is 2.84. The number of hydrogen-bond donors (Lipinski definition) is 3. The van der Waals surface area contributed by atoms with Gasteiger partial charge in [-0.05, 0) is 43.0 Å². The average Bonchev–Trinajstić information content (AvgIpc) is 3.21. The topological polar surface area (TPSA) is 117 Å². The Morgan fingerprint density at radius 2 is 1.79 bits per heavy atom. The van der Waals surface area contributed by atoms with Crippen molar-refractivity contribution in [3.05, 3.63) is 42.4 Å². The zero-order valence-electron chi connectivity index (χ0n) is 15.0. The van der Waals surface area contributed by atoms with Crippen molar-refractivity contribution in [3.63, 3.8) is 0 Å². The Hall–Kier alpha value is -3.43. The molecular weight excluding hydrogens is 369 g/mol. The first-order chi connectivity index (χ1) is 13.5. The van der Waals surface area contributed by atoms with Gasteiger partial charge in [0.15, 0.2) is 5.82 Å². The quantitative estimate of drug-likeness (QED) is 0.690. The number of rotatable bonds is 4. The lowest BCUT2D eigenvalue weighted by atomic mass is 9.97. The molecule has 0 unspecified atom stereocenters. The average molecular weight is 389 g/mol. The third-order valence-electron chi connectivity index (χ3n) is 4.43. The Bertz CT molecular complexity index is 817. The van der Waals surface area contributed by atoms with Crippen LogP contribution < -0.4 is 16.0 Å². The van der Waals surface area contributed by atoms with Crippen LogP contribution in [0.15, 0.2) is 41.1 Å². The van der Waals surface area contributed by atoms with Crippen molar-refractivity contribution >= 4 is 29.4 Å². The summed E-state index contributed by atoms with van der Waals surface area (Å²) in [4.78, 5) is 37.5. The molecule has 1 aliphatic heterocycles. The Labute approximate surface area is 160 Å². The third-order valence-corrected chi connectivity index (χ3v) is 4.43. The number of benzene rings is 1. The van der Waals surface area contributed by atoms with Crippen LogP contribution in [0.5, 0.6) is 0 Å². The van der Waals surface area contributed by atoms with Gasteiger partial charge >= 0.3 is 17.8 Å². The highest BCUT2D eigenvalue weighted by Crippen LogP contribution is 2.18. The van der Waals surface area contributed by atoms with Crippen molar-refractivity contribution in [1.82, 2.24) is 15.4 Å². The van der Waals surface area contributed by atoms with Gasteiger partial charge < -0.3 is 20.1 Å². The first-order valence-corrected chi connectivity index (χ1v) is 8.82. The van der Waals surface area contributed by atoms with E-state index in [1.165, 1.54) is 36.6 Å². The first-order valence-electron chi connectivity index (χ1n) is 8.82. The van der Waals surface area contributed by atoms with Gasteiger partial charge in [0, 0.05) is 31.4 Å². The second kappa shape index (κ2) is 8.98. The van der Waals surface area contributed by atoms with Crippen LogP contribution in [0.25, 0.3) is 0 Å². The maximum Gasteiger partial charge on any atom is 0.321 e. The van der Waals surface area contributed by atoms with Crippen molar-refractivity contribution in [2.45, 2.75) is 12.8 Å². The van der Waals surface area contributed by atoms with Crippen molar-refractivity contribution < 1.29 is 23.3 Å². The van der Waals surface area contributed by atoms with Crippen LogP contribution in [0.1, 0.15) is 12.8 Å². The molecule has 148 valence electrons. The molecule has 28 heavy (non-hydrogen) atoms. The van der Waals surface area contributed by atoms with Gasteiger partial charge in [-0.25, -0.2) is 9.18 Å². The van der Waals surface area contributed by atoms with Crippen LogP contribution in [-0.4, -0.2) is 47.5 Å². The van der Waals surface area contributed by atoms with Crippen LogP contribution in [-0.2, 0) is 9.59 Å². The van der Waals surface area contributed by atoms with E-state index in [-0.39, 0.29) is 23.6 Å². The predicted molar refractivity (Wildman–Crippen MR) is 97.9 cm³/mol. The van der Waals surface area contributed by atoms with Crippen LogP contribution in [0.4, 0.5) is 20.7 Å². The van der Waals surface area contributed by atoms with E-state index >= 15 is 0 Å². The molecule has 0 spiro atoms. The maximum atomic E-state index is 12.9. The van der Waals surface area contributed by atoms with Crippen LogP contribution in [0.3, 0.4) is 0 Å². The molecule has 0 saturated carbocycles. The number of carbonyl (C=O) groups is 3. The molecule has 0 radical (unpaired) electrons. The molecular formula is C18H20FN5O4. The van der Waals surface area contributed by atoms with E-state index in [9.17, 15) is 18.8 Å². The summed E-state index contributed by atoms with van der Waals surface area (Å²) in [6.07, 6.45) is 2.68. The lowest BCUT2D eigenvalue weighted by Crippen LogP contribution is -2.44. The molecule has 0 atom stereocenters. The van der Waals surface area contributed by atoms with E-state index < -0.39 is 11.8 Å². The van der Waals surface area contributed by atoms with Crippen LogP contribution in [0, 0.1) is 11.7 Å². The Kier molecular flexibility index (Phi) is 6.20. The highest BCUT2D eigenvalue weighted by atomic mass is 19.1. The number of amides is 4. The van der Waals surface area contributed by atoms with E-state index in [0.29, 0.717) is 38.2 Å². The lowest BCUT2D eigenvalue weighted by Gasteiger charge is -2.32. The Balaban J connectivity index is 1.37. The zero-order chi connectivity index (χ0) is 19.9. The molecule has 10 heteroatoms. The van der Waals surface area contributed by atoms with Crippen molar-refractivity contribution in [3.8, 4) is 0 Å². The monoisotopic (exact) mass is 389 g/mol. The predicted octanol–water partition coefficient (Wildman–Crippen LogP) is 1.81. The number of nitrogens with one attached hydrogen (secondary N) is 3. The summed E-state index contributed by atoms with van der Waals surface area (Å²) >= 11 is 0. The summed E-state index contributed by atoms with van der Waals surface area (Å²) in [5, 5.41) is 11.1. The summed E-state index contributed by atoms with van der Waals surface area (Å²) < 4.78 is 17.5. The molecule has 4 amide bonds. The molecule has 1 fully saturated rings. The molecule has 1 aromatic heterocycles. The summed E-state index contributed by atoms with van der Waals surface area (Å²) in [7, 11) is 0. The van der Waals surface area contributed by atoms with Gasteiger partial charge in [0.1, 0.15) is 12.1 Å². The fourth-order valence-corrected chi connectivity index (χ4v) is 2.84. The molecule has 0 aliphatic carbocycles. The molecule has 2 heterocycles. The largest absolute Gasteiger partial charge is 0.363 e. The second-order valence-corrected chi connectivity index (χ2v) is 6.42. The number of urea groups is 1. The summed E-state index contributed by atoms with van der Waals surface area (Å²) in [6.45, 7) is 1.40. The molecule has 1 saturated heterocycles. The minimum atomic E-state index is -0.815. The Morgan fingerprint density at radius 3 is 2.43 bits per heavy atom. The Morgan fingerprint density at radius 1 is 1.07 bits per heavy atom. The molecule has 0 bridgehead atoms. The molecule has 9 nitrogen and oxygen atoms in total. The molecule has 1 aromatic carbocycles. The van der Waals surface area contributed by atoms with Crippen LogP contribution in [0.2, 0.25) is 0 Å². The van der Waals surface area contributed by atoms with Gasteiger partial charge in [-0.15, -0.1) is 0 Å². The number of likely N-dealkylation sites (tertiary alicyclic amines) is 1. The van der Waals surface area contributed by atoms with E-state index in [4.69, 9.17) is 0 Å². The van der Waals surface area contributed by atoms with Gasteiger partial charge in [-0.2, -0.15) is 0 Å². The number of hydrogen-bond acceptors (Lipinski definition) is 5. The summed E-state index contributed by atoms with van der Waals surface area (Å²) in [6, 6.07) is 6.74. The molecule has 2 aromatic rings. The normalized spacial score (nSPS) is 14.4. The lowest BCUT2D eigenvalue weighted by molar-refractivity contribution is -0.136. The first kappa shape index (κ1) is 19.3. The number of piperidine rings is 1. The molecule has 1 aliphatic rings. The maximum absolute atomic E-state index is 12.9.